The predicted molar refractivity (Wildman–Crippen MR) is 77.5 cm³/mol. The maximum Gasteiger partial charge on any atom is 0.326 e. The fraction of sp³-hybridized carbons (Fsp3) is 0.333. The van der Waals surface area contributed by atoms with Crippen LogP contribution in [0.15, 0.2) is 30.3 Å². The van der Waals surface area contributed by atoms with Crippen LogP contribution in [0.2, 0.25) is 5.02 Å². The van der Waals surface area contributed by atoms with Gasteiger partial charge in [0.2, 0.25) is 5.91 Å². The molecule has 1 fully saturated rings. The molecule has 20 heavy (non-hydrogen) atoms. The molecular weight excluding hydrogens is 278 g/mol. The summed E-state index contributed by atoms with van der Waals surface area (Å²) in [6.45, 7) is 0.496. The molecule has 1 aromatic rings. The Balaban J connectivity index is 2.08. The van der Waals surface area contributed by atoms with Crippen LogP contribution < -0.4 is 0 Å². The van der Waals surface area contributed by atoms with Crippen LogP contribution in [0.25, 0.3) is 6.08 Å². The normalized spacial score (nSPS) is 19.2. The van der Waals surface area contributed by atoms with Crippen LogP contribution >= 0.6 is 11.6 Å². The number of piperidine rings is 1. The zero-order chi connectivity index (χ0) is 14.5. The molecule has 1 heterocycles. The Morgan fingerprint density at radius 3 is 2.85 bits per heavy atom. The second kappa shape index (κ2) is 6.57. The fourth-order valence-electron chi connectivity index (χ4n) is 2.33. The summed E-state index contributed by atoms with van der Waals surface area (Å²) in [5.74, 6) is -1.20. The lowest BCUT2D eigenvalue weighted by Gasteiger charge is -2.32. The number of carboxylic acids is 1. The third kappa shape index (κ3) is 3.61. The van der Waals surface area contributed by atoms with Crippen molar-refractivity contribution in [3.05, 3.63) is 40.9 Å². The van der Waals surface area contributed by atoms with Gasteiger partial charge in [0.05, 0.1) is 0 Å². The number of carboxylic acid groups (broad SMARTS) is 1. The van der Waals surface area contributed by atoms with E-state index in [1.807, 2.05) is 6.07 Å². The predicted octanol–water partition coefficient (Wildman–Crippen LogP) is 2.82. The minimum atomic E-state index is -0.936. The Morgan fingerprint density at radius 2 is 2.15 bits per heavy atom. The van der Waals surface area contributed by atoms with E-state index in [0.29, 0.717) is 18.0 Å². The second-order valence-corrected chi connectivity index (χ2v) is 5.21. The van der Waals surface area contributed by atoms with Gasteiger partial charge in [0.15, 0.2) is 0 Å². The van der Waals surface area contributed by atoms with E-state index < -0.39 is 12.0 Å². The van der Waals surface area contributed by atoms with Crippen molar-refractivity contribution in [3.8, 4) is 0 Å². The monoisotopic (exact) mass is 293 g/mol. The van der Waals surface area contributed by atoms with Crippen molar-refractivity contribution in [3.63, 3.8) is 0 Å². The fourth-order valence-corrected chi connectivity index (χ4v) is 2.52. The Labute approximate surface area is 122 Å². The van der Waals surface area contributed by atoms with Gasteiger partial charge in [-0.15, -0.1) is 0 Å². The molecule has 0 bridgehead atoms. The van der Waals surface area contributed by atoms with Crippen LogP contribution in [-0.2, 0) is 9.59 Å². The molecule has 0 unspecified atom stereocenters. The van der Waals surface area contributed by atoms with E-state index in [0.717, 1.165) is 18.4 Å². The molecule has 0 aromatic heterocycles. The van der Waals surface area contributed by atoms with Crippen molar-refractivity contribution in [1.82, 2.24) is 4.90 Å². The summed E-state index contributed by atoms with van der Waals surface area (Å²) in [5, 5.41) is 9.74. The molecule has 1 aliphatic heterocycles. The largest absolute Gasteiger partial charge is 0.480 e. The van der Waals surface area contributed by atoms with Gasteiger partial charge in [0, 0.05) is 17.6 Å². The highest BCUT2D eigenvalue weighted by Crippen LogP contribution is 2.18. The summed E-state index contributed by atoms with van der Waals surface area (Å²) in [6.07, 6.45) is 5.28. The van der Waals surface area contributed by atoms with E-state index in [1.165, 1.54) is 11.0 Å². The first-order valence-corrected chi connectivity index (χ1v) is 6.93. The summed E-state index contributed by atoms with van der Waals surface area (Å²) < 4.78 is 0. The summed E-state index contributed by atoms with van der Waals surface area (Å²) in [4.78, 5) is 24.7. The molecular formula is C15H16ClNO3. The maximum atomic E-state index is 12.1. The van der Waals surface area contributed by atoms with E-state index in [2.05, 4.69) is 0 Å². The highest BCUT2D eigenvalue weighted by atomic mass is 35.5. The molecule has 1 atom stereocenters. The third-order valence-electron chi connectivity index (χ3n) is 3.34. The number of halogens is 1. The van der Waals surface area contributed by atoms with Crippen molar-refractivity contribution in [2.24, 2.45) is 0 Å². The van der Waals surface area contributed by atoms with Crippen molar-refractivity contribution in [2.45, 2.75) is 25.3 Å². The van der Waals surface area contributed by atoms with Gasteiger partial charge in [-0.3, -0.25) is 4.79 Å². The van der Waals surface area contributed by atoms with Gasteiger partial charge < -0.3 is 10.0 Å². The molecule has 5 heteroatoms. The van der Waals surface area contributed by atoms with Crippen molar-refractivity contribution in [1.29, 1.82) is 0 Å². The lowest BCUT2D eigenvalue weighted by molar-refractivity contribution is -0.150. The number of rotatable bonds is 3. The SMILES string of the molecule is O=C(O)[C@@H]1CCCCN1C(=O)C=Cc1cccc(Cl)c1. The van der Waals surface area contributed by atoms with Gasteiger partial charge in [0.25, 0.3) is 0 Å². The zero-order valence-electron chi connectivity index (χ0n) is 11.0. The second-order valence-electron chi connectivity index (χ2n) is 4.77. The standard InChI is InChI=1S/C15H16ClNO3/c16-12-5-3-4-11(10-12)7-8-14(18)17-9-2-1-6-13(17)15(19)20/h3-5,7-8,10,13H,1-2,6,9H2,(H,19,20)/t13-/m0/s1. The Hall–Kier alpha value is -1.81. The summed E-state index contributed by atoms with van der Waals surface area (Å²) in [6, 6.07) is 6.43. The lowest BCUT2D eigenvalue weighted by atomic mass is 10.0. The molecule has 0 aliphatic carbocycles. The number of hydrogen-bond donors (Lipinski definition) is 1. The number of aliphatic carboxylic acids is 1. The van der Waals surface area contributed by atoms with E-state index in [-0.39, 0.29) is 5.91 Å². The molecule has 1 aromatic carbocycles. The summed E-state index contributed by atoms with van der Waals surface area (Å²) >= 11 is 5.87. The van der Waals surface area contributed by atoms with Crippen molar-refractivity contribution < 1.29 is 14.7 Å². The zero-order valence-corrected chi connectivity index (χ0v) is 11.7. The molecule has 1 saturated heterocycles. The highest BCUT2D eigenvalue weighted by molar-refractivity contribution is 6.30. The summed E-state index contributed by atoms with van der Waals surface area (Å²) in [7, 11) is 0. The minimum absolute atomic E-state index is 0.267. The van der Waals surface area contributed by atoms with E-state index in [9.17, 15) is 9.59 Å². The summed E-state index contributed by atoms with van der Waals surface area (Å²) in [5.41, 5.74) is 0.815. The van der Waals surface area contributed by atoms with Crippen LogP contribution in [0.4, 0.5) is 0 Å². The number of carbonyl (C=O) groups is 2. The minimum Gasteiger partial charge on any atom is -0.480 e. The highest BCUT2D eigenvalue weighted by Gasteiger charge is 2.30. The number of amides is 1. The average molecular weight is 294 g/mol. The van der Waals surface area contributed by atoms with Crippen molar-refractivity contribution in [2.75, 3.05) is 6.54 Å². The molecule has 1 amide bonds. The maximum absolute atomic E-state index is 12.1. The van der Waals surface area contributed by atoms with Gasteiger partial charge in [-0.25, -0.2) is 4.79 Å². The lowest BCUT2D eigenvalue weighted by Crippen LogP contribution is -2.47. The molecule has 1 N–H and O–H groups in total. The van der Waals surface area contributed by atoms with Gasteiger partial charge in [-0.05, 0) is 43.0 Å². The molecule has 2 rings (SSSR count). The number of carbonyl (C=O) groups excluding carboxylic acids is 1. The van der Waals surface area contributed by atoms with E-state index in [1.54, 1.807) is 24.3 Å². The van der Waals surface area contributed by atoms with Gasteiger partial charge in [0.1, 0.15) is 6.04 Å². The quantitative estimate of drug-likeness (QED) is 0.872. The Kier molecular flexibility index (Phi) is 4.79. The molecule has 0 spiro atoms. The number of likely N-dealkylation sites (tertiary alicyclic amines) is 1. The number of hydrogen-bond acceptors (Lipinski definition) is 2. The van der Waals surface area contributed by atoms with Crippen LogP contribution in [0.1, 0.15) is 24.8 Å². The average Bonchev–Trinajstić information content (AvgIpc) is 2.45. The molecule has 0 saturated carbocycles. The first-order valence-electron chi connectivity index (χ1n) is 6.55. The first kappa shape index (κ1) is 14.6. The third-order valence-corrected chi connectivity index (χ3v) is 3.57. The molecule has 106 valence electrons. The van der Waals surface area contributed by atoms with Crippen LogP contribution in [0.3, 0.4) is 0 Å². The van der Waals surface area contributed by atoms with Gasteiger partial charge >= 0.3 is 5.97 Å². The molecule has 4 nitrogen and oxygen atoms in total. The van der Waals surface area contributed by atoms with Crippen LogP contribution in [0, 0.1) is 0 Å². The smallest absolute Gasteiger partial charge is 0.326 e. The molecule has 1 aliphatic rings. The van der Waals surface area contributed by atoms with Gasteiger partial charge in [-0.1, -0.05) is 23.7 Å². The van der Waals surface area contributed by atoms with E-state index in [4.69, 9.17) is 16.7 Å². The number of nitrogens with zero attached hydrogens (tertiary/aromatic N) is 1. The topological polar surface area (TPSA) is 57.6 Å². The number of benzene rings is 1. The van der Waals surface area contributed by atoms with Gasteiger partial charge in [-0.2, -0.15) is 0 Å². The van der Waals surface area contributed by atoms with Crippen LogP contribution in [-0.4, -0.2) is 34.5 Å². The van der Waals surface area contributed by atoms with E-state index >= 15 is 0 Å². The Bertz CT molecular complexity index is 542. The first-order chi connectivity index (χ1) is 9.58. The Morgan fingerprint density at radius 1 is 1.35 bits per heavy atom. The van der Waals surface area contributed by atoms with Crippen LogP contribution in [0.5, 0.6) is 0 Å². The molecule has 0 radical (unpaired) electrons. The van der Waals surface area contributed by atoms with Crippen molar-refractivity contribution >= 4 is 29.6 Å².